The van der Waals surface area contributed by atoms with Gasteiger partial charge in [-0.2, -0.15) is 0 Å². The lowest BCUT2D eigenvalue weighted by Gasteiger charge is -2.15. The molecule has 1 aromatic heterocycles. The average Bonchev–Trinajstić information content (AvgIpc) is 2.69. The van der Waals surface area contributed by atoms with Gasteiger partial charge in [0.15, 0.2) is 5.96 Å². The molecule has 0 bridgehead atoms. The summed E-state index contributed by atoms with van der Waals surface area (Å²) in [5.41, 5.74) is 0. The van der Waals surface area contributed by atoms with Crippen molar-refractivity contribution in [2.75, 3.05) is 7.05 Å². The maximum atomic E-state index is 4.22. The predicted octanol–water partition coefficient (Wildman–Crippen LogP) is 2.53. The first-order valence-corrected chi connectivity index (χ1v) is 6.35. The van der Waals surface area contributed by atoms with E-state index in [1.54, 1.807) is 18.4 Å². The zero-order valence-electron chi connectivity index (χ0n) is 10.8. The molecule has 17 heavy (non-hydrogen) atoms. The molecule has 6 heteroatoms. The molecular weight excluding hydrogens is 347 g/mol. The maximum Gasteiger partial charge on any atom is 0.191 e. The zero-order chi connectivity index (χ0) is 12.0. The number of aromatic nitrogens is 1. The molecular formula is C11H21IN4S. The molecule has 1 atom stereocenters. The minimum Gasteiger partial charge on any atom is -0.354 e. The van der Waals surface area contributed by atoms with E-state index in [0.717, 1.165) is 23.9 Å². The average molecular weight is 368 g/mol. The summed E-state index contributed by atoms with van der Waals surface area (Å²) >= 11 is 1.71. The topological polar surface area (TPSA) is 49.3 Å². The number of nitrogens with zero attached hydrogens (tertiary/aromatic N) is 2. The fourth-order valence-electron chi connectivity index (χ4n) is 1.19. The Balaban J connectivity index is 0.00000256. The highest BCUT2D eigenvalue weighted by atomic mass is 127. The minimum atomic E-state index is 0. The smallest absolute Gasteiger partial charge is 0.191 e. The molecule has 0 radical (unpaired) electrons. The van der Waals surface area contributed by atoms with Gasteiger partial charge < -0.3 is 10.6 Å². The van der Waals surface area contributed by atoms with E-state index in [1.807, 2.05) is 13.1 Å². The van der Waals surface area contributed by atoms with Gasteiger partial charge in [-0.25, -0.2) is 4.98 Å². The van der Waals surface area contributed by atoms with Crippen molar-refractivity contribution in [2.24, 2.45) is 4.99 Å². The van der Waals surface area contributed by atoms with Crippen LogP contribution in [-0.4, -0.2) is 24.0 Å². The molecule has 0 spiro atoms. The predicted molar refractivity (Wildman–Crippen MR) is 85.4 cm³/mol. The molecule has 4 nitrogen and oxygen atoms in total. The Hall–Kier alpha value is -0.370. The van der Waals surface area contributed by atoms with Crippen molar-refractivity contribution >= 4 is 41.3 Å². The van der Waals surface area contributed by atoms with Gasteiger partial charge in [-0.05, 0) is 20.3 Å². The molecule has 1 unspecified atom stereocenters. The van der Waals surface area contributed by atoms with Crippen molar-refractivity contribution in [1.29, 1.82) is 0 Å². The normalized spacial score (nSPS) is 12.8. The summed E-state index contributed by atoms with van der Waals surface area (Å²) in [6, 6.07) is 0.439. The van der Waals surface area contributed by atoms with Crippen molar-refractivity contribution < 1.29 is 0 Å². The number of aryl methyl sites for hydroxylation is 1. The summed E-state index contributed by atoms with van der Waals surface area (Å²) in [7, 11) is 1.79. The van der Waals surface area contributed by atoms with Gasteiger partial charge in [-0.3, -0.25) is 4.99 Å². The number of thiazole rings is 1. The number of hydrogen-bond donors (Lipinski definition) is 2. The van der Waals surface area contributed by atoms with Gasteiger partial charge in [0.2, 0.25) is 0 Å². The SMILES string of the molecule is CCC(C)NC(=NC)NCc1cnc(C)s1.I. The minimum absolute atomic E-state index is 0. The third-order valence-electron chi connectivity index (χ3n) is 2.32. The second-order valence-corrected chi connectivity index (χ2v) is 5.04. The molecule has 1 rings (SSSR count). The number of nitrogens with one attached hydrogen (secondary N) is 2. The molecule has 0 aliphatic heterocycles. The number of hydrogen-bond acceptors (Lipinski definition) is 3. The molecule has 0 amide bonds. The van der Waals surface area contributed by atoms with E-state index in [2.05, 4.69) is 34.5 Å². The molecule has 0 aliphatic carbocycles. The van der Waals surface area contributed by atoms with Crippen LogP contribution in [0.15, 0.2) is 11.2 Å². The summed E-state index contributed by atoms with van der Waals surface area (Å²) < 4.78 is 0. The molecule has 0 aliphatic rings. The van der Waals surface area contributed by atoms with Gasteiger partial charge in [0.25, 0.3) is 0 Å². The Morgan fingerprint density at radius 3 is 2.76 bits per heavy atom. The highest BCUT2D eigenvalue weighted by Crippen LogP contribution is 2.10. The highest BCUT2D eigenvalue weighted by molar-refractivity contribution is 14.0. The van der Waals surface area contributed by atoms with Crippen LogP contribution in [0.3, 0.4) is 0 Å². The quantitative estimate of drug-likeness (QED) is 0.488. The van der Waals surface area contributed by atoms with Crippen LogP contribution in [0.25, 0.3) is 0 Å². The lowest BCUT2D eigenvalue weighted by Crippen LogP contribution is -2.41. The summed E-state index contributed by atoms with van der Waals surface area (Å²) in [5, 5.41) is 7.69. The monoisotopic (exact) mass is 368 g/mol. The third kappa shape index (κ3) is 6.21. The Bertz CT molecular complexity index is 351. The zero-order valence-corrected chi connectivity index (χ0v) is 13.9. The van der Waals surface area contributed by atoms with Crippen molar-refractivity contribution in [3.63, 3.8) is 0 Å². The fourth-order valence-corrected chi connectivity index (χ4v) is 1.92. The molecule has 1 heterocycles. The first kappa shape index (κ1) is 16.6. The summed E-state index contributed by atoms with van der Waals surface area (Å²) in [6.45, 7) is 7.09. The Morgan fingerprint density at radius 2 is 2.29 bits per heavy atom. The second-order valence-electron chi connectivity index (χ2n) is 3.72. The number of guanidine groups is 1. The Kier molecular flexibility index (Phi) is 8.49. The van der Waals surface area contributed by atoms with Gasteiger partial charge in [0.05, 0.1) is 11.6 Å². The number of rotatable bonds is 4. The van der Waals surface area contributed by atoms with Crippen LogP contribution >= 0.6 is 35.3 Å². The number of aliphatic imine (C=N–C) groups is 1. The first-order chi connectivity index (χ1) is 7.65. The van der Waals surface area contributed by atoms with Gasteiger partial charge >= 0.3 is 0 Å². The van der Waals surface area contributed by atoms with Crippen molar-refractivity contribution in [3.8, 4) is 0 Å². The van der Waals surface area contributed by atoms with E-state index in [9.17, 15) is 0 Å². The molecule has 0 saturated heterocycles. The fraction of sp³-hybridized carbons (Fsp3) is 0.636. The molecule has 98 valence electrons. The van der Waals surface area contributed by atoms with Crippen LogP contribution in [0, 0.1) is 6.92 Å². The Morgan fingerprint density at radius 1 is 1.59 bits per heavy atom. The standard InChI is InChI=1S/C11H20N4S.HI/c1-5-8(2)15-11(12-4)14-7-10-6-13-9(3)16-10;/h6,8H,5,7H2,1-4H3,(H2,12,14,15);1H. The lowest BCUT2D eigenvalue weighted by atomic mass is 10.3. The van der Waals surface area contributed by atoms with Crippen LogP contribution in [0.4, 0.5) is 0 Å². The molecule has 0 fully saturated rings. The van der Waals surface area contributed by atoms with Crippen LogP contribution in [0.5, 0.6) is 0 Å². The third-order valence-corrected chi connectivity index (χ3v) is 3.23. The number of halogens is 1. The van der Waals surface area contributed by atoms with Crippen LogP contribution in [0.1, 0.15) is 30.2 Å². The summed E-state index contributed by atoms with van der Waals surface area (Å²) in [5.74, 6) is 0.848. The van der Waals surface area contributed by atoms with Crippen LogP contribution in [0.2, 0.25) is 0 Å². The van der Waals surface area contributed by atoms with Crippen molar-refractivity contribution in [2.45, 2.75) is 39.8 Å². The largest absolute Gasteiger partial charge is 0.354 e. The van der Waals surface area contributed by atoms with Crippen molar-refractivity contribution in [1.82, 2.24) is 15.6 Å². The summed E-state index contributed by atoms with van der Waals surface area (Å²) in [6.07, 6.45) is 2.99. The lowest BCUT2D eigenvalue weighted by molar-refractivity contribution is 0.624. The first-order valence-electron chi connectivity index (χ1n) is 5.54. The van der Waals surface area contributed by atoms with Crippen LogP contribution in [-0.2, 0) is 6.54 Å². The Labute approximate surface area is 124 Å². The second kappa shape index (κ2) is 8.68. The highest BCUT2D eigenvalue weighted by Gasteiger charge is 2.03. The van der Waals surface area contributed by atoms with E-state index in [0.29, 0.717) is 6.04 Å². The van der Waals surface area contributed by atoms with Gasteiger partial charge in [-0.15, -0.1) is 35.3 Å². The molecule has 0 aromatic carbocycles. The van der Waals surface area contributed by atoms with Gasteiger partial charge in [0, 0.05) is 24.2 Å². The maximum absolute atomic E-state index is 4.22. The van der Waals surface area contributed by atoms with Gasteiger partial charge in [0.1, 0.15) is 0 Å². The van der Waals surface area contributed by atoms with E-state index in [4.69, 9.17) is 0 Å². The van der Waals surface area contributed by atoms with E-state index < -0.39 is 0 Å². The molecule has 1 aromatic rings. The van der Waals surface area contributed by atoms with Crippen molar-refractivity contribution in [3.05, 3.63) is 16.1 Å². The van der Waals surface area contributed by atoms with E-state index in [-0.39, 0.29) is 24.0 Å². The molecule has 0 saturated carbocycles. The van der Waals surface area contributed by atoms with Gasteiger partial charge in [-0.1, -0.05) is 6.92 Å². The van der Waals surface area contributed by atoms with Crippen LogP contribution < -0.4 is 10.6 Å². The molecule has 2 N–H and O–H groups in total. The summed E-state index contributed by atoms with van der Waals surface area (Å²) in [4.78, 5) is 9.62. The van der Waals surface area contributed by atoms with E-state index >= 15 is 0 Å². The van der Waals surface area contributed by atoms with E-state index in [1.165, 1.54) is 4.88 Å².